The molecule has 0 aromatic carbocycles. The first-order valence-electron chi connectivity index (χ1n) is 8.41. The molecule has 1 N–H and O–H groups in total. The number of carboxylic acid groups (broad SMARTS) is 1. The van der Waals surface area contributed by atoms with E-state index < -0.39 is 42.8 Å². The van der Waals surface area contributed by atoms with Gasteiger partial charge in [-0.3, -0.25) is 9.59 Å². The van der Waals surface area contributed by atoms with Crippen LogP contribution < -0.4 is 0 Å². The minimum atomic E-state index is -1.16. The average Bonchev–Trinajstić information content (AvgIpc) is 2.48. The van der Waals surface area contributed by atoms with Gasteiger partial charge in [-0.15, -0.1) is 0 Å². The van der Waals surface area contributed by atoms with Gasteiger partial charge in [0.25, 0.3) is 0 Å². The second-order valence-corrected chi connectivity index (χ2v) is 6.83. The largest absolute Gasteiger partial charge is 0.480 e. The molecule has 0 radical (unpaired) electrons. The van der Waals surface area contributed by atoms with Gasteiger partial charge in [0.05, 0.1) is 13.0 Å². The van der Waals surface area contributed by atoms with Crippen molar-refractivity contribution in [2.45, 2.75) is 59.1 Å². The van der Waals surface area contributed by atoms with Crippen LogP contribution >= 0.6 is 0 Å². The maximum atomic E-state index is 12.3. The molecule has 0 aliphatic heterocycles. The minimum absolute atomic E-state index is 0.103. The van der Waals surface area contributed by atoms with Gasteiger partial charge in [-0.2, -0.15) is 0 Å². The molecule has 0 saturated carbocycles. The maximum Gasteiger partial charge on any atom is 0.326 e. The van der Waals surface area contributed by atoms with Crippen LogP contribution in [0.15, 0.2) is 0 Å². The summed E-state index contributed by atoms with van der Waals surface area (Å²) in [6.07, 6.45) is 0.408. The molecule has 0 saturated heterocycles. The molecule has 0 bridgehead atoms. The smallest absolute Gasteiger partial charge is 0.326 e. The summed E-state index contributed by atoms with van der Waals surface area (Å²) in [4.78, 5) is 37.0. The van der Waals surface area contributed by atoms with Gasteiger partial charge in [0, 0.05) is 6.54 Å². The van der Waals surface area contributed by atoms with Crippen LogP contribution in [0.3, 0.4) is 0 Å². The molecule has 0 aliphatic carbocycles. The maximum absolute atomic E-state index is 12.3. The molecule has 0 aliphatic rings. The molecule has 0 heterocycles. The summed E-state index contributed by atoms with van der Waals surface area (Å²) in [6.45, 7) is 7.18. The van der Waals surface area contributed by atoms with E-state index in [1.54, 1.807) is 27.7 Å². The fraction of sp³-hybridized carbons (Fsp3) is 0.824. The van der Waals surface area contributed by atoms with E-state index in [4.69, 9.17) is 9.47 Å². The number of hydrogen-bond acceptors (Lipinski definition) is 5. The van der Waals surface area contributed by atoms with Gasteiger partial charge in [0.2, 0.25) is 5.91 Å². The second kappa shape index (κ2) is 11.0. The normalized spacial score (nSPS) is 13.8. The van der Waals surface area contributed by atoms with Crippen LogP contribution in [0.2, 0.25) is 0 Å². The molecule has 146 valence electrons. The SMILES string of the molecule is CC[C@H](C)[C@@H](C(=O)O)N(CCC(=O)OC(C)(C)C)C(=O)COCCF. The molecule has 0 fully saturated rings. The quantitative estimate of drug-likeness (QED) is 0.446. The fourth-order valence-corrected chi connectivity index (χ4v) is 2.23. The van der Waals surface area contributed by atoms with E-state index in [9.17, 15) is 23.9 Å². The predicted molar refractivity (Wildman–Crippen MR) is 89.8 cm³/mol. The summed E-state index contributed by atoms with van der Waals surface area (Å²) in [5.74, 6) is -2.59. The first kappa shape index (κ1) is 23.3. The Labute approximate surface area is 148 Å². The lowest BCUT2D eigenvalue weighted by atomic mass is 9.97. The summed E-state index contributed by atoms with van der Waals surface area (Å²) in [5.41, 5.74) is -0.668. The van der Waals surface area contributed by atoms with Gasteiger partial charge in [-0.1, -0.05) is 20.3 Å². The molecule has 0 spiro atoms. The highest BCUT2D eigenvalue weighted by atomic mass is 19.1. The van der Waals surface area contributed by atoms with Crippen molar-refractivity contribution >= 4 is 17.8 Å². The molecule has 0 aromatic rings. The summed E-state index contributed by atoms with van der Waals surface area (Å²) < 4.78 is 22.2. The Morgan fingerprint density at radius 1 is 1.24 bits per heavy atom. The molecule has 0 unspecified atom stereocenters. The Bertz CT molecular complexity index is 449. The van der Waals surface area contributed by atoms with E-state index in [2.05, 4.69) is 0 Å². The van der Waals surface area contributed by atoms with Crippen LogP contribution in [-0.2, 0) is 23.9 Å². The van der Waals surface area contributed by atoms with Crippen molar-refractivity contribution in [1.29, 1.82) is 0 Å². The van der Waals surface area contributed by atoms with Crippen LogP contribution in [0.25, 0.3) is 0 Å². The minimum Gasteiger partial charge on any atom is -0.480 e. The Kier molecular flexibility index (Phi) is 10.3. The third kappa shape index (κ3) is 9.38. The summed E-state index contributed by atoms with van der Waals surface area (Å²) in [7, 11) is 0. The van der Waals surface area contributed by atoms with Crippen molar-refractivity contribution in [2.24, 2.45) is 5.92 Å². The third-order valence-corrected chi connectivity index (χ3v) is 3.52. The number of rotatable bonds is 11. The number of nitrogens with zero attached hydrogens (tertiary/aromatic N) is 1. The van der Waals surface area contributed by atoms with Crippen molar-refractivity contribution in [3.8, 4) is 0 Å². The van der Waals surface area contributed by atoms with Crippen LogP contribution in [0.4, 0.5) is 4.39 Å². The van der Waals surface area contributed by atoms with Gasteiger partial charge >= 0.3 is 11.9 Å². The van der Waals surface area contributed by atoms with E-state index in [0.29, 0.717) is 6.42 Å². The van der Waals surface area contributed by atoms with E-state index in [-0.39, 0.29) is 25.5 Å². The van der Waals surface area contributed by atoms with Gasteiger partial charge in [-0.05, 0) is 26.7 Å². The van der Waals surface area contributed by atoms with Gasteiger partial charge in [0.15, 0.2) is 0 Å². The van der Waals surface area contributed by atoms with E-state index in [1.165, 1.54) is 0 Å². The van der Waals surface area contributed by atoms with Crippen molar-refractivity contribution in [3.05, 3.63) is 0 Å². The van der Waals surface area contributed by atoms with E-state index in [1.807, 2.05) is 6.92 Å². The highest BCUT2D eigenvalue weighted by Crippen LogP contribution is 2.17. The molecule has 0 aromatic heterocycles. The zero-order chi connectivity index (χ0) is 19.6. The fourth-order valence-electron chi connectivity index (χ4n) is 2.23. The molecule has 2 atom stereocenters. The number of carboxylic acids is 1. The zero-order valence-electron chi connectivity index (χ0n) is 15.7. The van der Waals surface area contributed by atoms with Crippen molar-refractivity contribution < 1.29 is 33.4 Å². The monoisotopic (exact) mass is 363 g/mol. The molecule has 7 nitrogen and oxygen atoms in total. The number of amides is 1. The van der Waals surface area contributed by atoms with Gasteiger partial charge in [-0.25, -0.2) is 9.18 Å². The lowest BCUT2D eigenvalue weighted by Crippen LogP contribution is -2.50. The number of carbonyl (C=O) groups is 3. The van der Waals surface area contributed by atoms with E-state index in [0.717, 1.165) is 4.90 Å². The molecule has 25 heavy (non-hydrogen) atoms. The van der Waals surface area contributed by atoms with E-state index >= 15 is 0 Å². The van der Waals surface area contributed by atoms with Crippen LogP contribution in [0.5, 0.6) is 0 Å². The Balaban J connectivity index is 5.14. The predicted octanol–water partition coefficient (Wildman–Crippen LogP) is 2.03. The Hall–Kier alpha value is -1.70. The van der Waals surface area contributed by atoms with Crippen molar-refractivity contribution in [1.82, 2.24) is 4.90 Å². The molecule has 8 heteroatoms. The summed E-state index contributed by atoms with van der Waals surface area (Å²) >= 11 is 0. The van der Waals surface area contributed by atoms with Crippen molar-refractivity contribution in [3.63, 3.8) is 0 Å². The lowest BCUT2D eigenvalue weighted by molar-refractivity contribution is -0.159. The van der Waals surface area contributed by atoms with Crippen LogP contribution in [0, 0.1) is 5.92 Å². The number of aliphatic carboxylic acids is 1. The first-order valence-corrected chi connectivity index (χ1v) is 8.41. The number of carbonyl (C=O) groups excluding carboxylic acids is 2. The number of ether oxygens (including phenoxy) is 2. The molecular formula is C17H30FNO6. The molecular weight excluding hydrogens is 333 g/mol. The second-order valence-electron chi connectivity index (χ2n) is 6.83. The highest BCUT2D eigenvalue weighted by Gasteiger charge is 2.34. The zero-order valence-corrected chi connectivity index (χ0v) is 15.7. The standard InChI is InChI=1S/C17H30FNO6/c1-6-12(2)15(16(22)23)19(13(20)11-24-10-8-18)9-7-14(21)25-17(3,4)5/h12,15H,6-11H2,1-5H3,(H,22,23)/t12-,15-/m0/s1. The number of esters is 1. The van der Waals surface area contributed by atoms with Crippen LogP contribution in [-0.4, -0.2) is 65.9 Å². The Morgan fingerprint density at radius 2 is 1.84 bits per heavy atom. The Morgan fingerprint density at radius 3 is 2.28 bits per heavy atom. The molecule has 1 amide bonds. The van der Waals surface area contributed by atoms with Gasteiger partial charge < -0.3 is 19.5 Å². The van der Waals surface area contributed by atoms with Crippen molar-refractivity contribution in [2.75, 3.05) is 26.4 Å². The summed E-state index contributed by atoms with van der Waals surface area (Å²) in [5, 5.41) is 9.51. The average molecular weight is 363 g/mol. The van der Waals surface area contributed by atoms with Gasteiger partial charge in [0.1, 0.15) is 24.9 Å². The number of halogens is 1. The summed E-state index contributed by atoms with van der Waals surface area (Å²) in [6, 6.07) is -1.09. The molecule has 0 rings (SSSR count). The number of hydrogen-bond donors (Lipinski definition) is 1. The first-order chi connectivity index (χ1) is 11.5. The lowest BCUT2D eigenvalue weighted by Gasteiger charge is -2.32. The topological polar surface area (TPSA) is 93.1 Å². The number of alkyl halides is 1. The highest BCUT2D eigenvalue weighted by molar-refractivity contribution is 5.85. The third-order valence-electron chi connectivity index (χ3n) is 3.52. The van der Waals surface area contributed by atoms with Crippen LogP contribution in [0.1, 0.15) is 47.5 Å².